The molecular weight excluding hydrogens is 435 g/mol. The quantitative estimate of drug-likeness (QED) is 0.690. The molecule has 4 atom stereocenters. The van der Waals surface area contributed by atoms with E-state index < -0.39 is 34.5 Å². The number of nitriles is 3. The maximum atomic E-state index is 10.4. The molecule has 6 nitrogen and oxygen atoms in total. The van der Waals surface area contributed by atoms with Gasteiger partial charge in [-0.2, -0.15) is 15.8 Å². The van der Waals surface area contributed by atoms with Crippen molar-refractivity contribution < 1.29 is 9.47 Å². The van der Waals surface area contributed by atoms with Crippen LogP contribution in [0.15, 0.2) is 48.5 Å². The second-order valence-electron chi connectivity index (χ2n) is 7.80. The third-order valence-corrected chi connectivity index (χ3v) is 6.80. The molecule has 0 aromatic heterocycles. The van der Waals surface area contributed by atoms with Crippen LogP contribution < -0.4 is 0 Å². The average Bonchev–Trinajstić information content (AvgIpc) is 2.91. The van der Waals surface area contributed by atoms with Crippen molar-refractivity contribution in [2.75, 3.05) is 0 Å². The molecule has 4 unspecified atom stereocenters. The number of ether oxygens (including phenoxy) is 2. The second kappa shape index (κ2) is 7.26. The van der Waals surface area contributed by atoms with Crippen molar-refractivity contribution in [3.63, 3.8) is 0 Å². The number of nitrogens with one attached hydrogen (secondary N) is 1. The summed E-state index contributed by atoms with van der Waals surface area (Å²) >= 11 is 12.4. The summed E-state index contributed by atoms with van der Waals surface area (Å²) in [5.41, 5.74) is -2.75. The maximum absolute atomic E-state index is 10.4. The summed E-state index contributed by atoms with van der Waals surface area (Å²) in [5, 5.41) is 40.1. The maximum Gasteiger partial charge on any atom is 0.215 e. The van der Waals surface area contributed by atoms with Crippen molar-refractivity contribution in [2.45, 2.75) is 25.2 Å². The fourth-order valence-corrected chi connectivity index (χ4v) is 5.24. The minimum atomic E-state index is -2.08. The van der Waals surface area contributed by atoms with E-state index in [2.05, 4.69) is 6.07 Å². The predicted molar refractivity (Wildman–Crippen MR) is 113 cm³/mol. The minimum absolute atomic E-state index is 0.191. The summed E-state index contributed by atoms with van der Waals surface area (Å²) < 4.78 is 12.1. The zero-order chi connectivity index (χ0) is 22.4. The molecule has 2 aromatic rings. The fraction of sp³-hybridized carbons (Fsp3) is 0.304. The number of halogens is 2. The van der Waals surface area contributed by atoms with E-state index in [0.717, 1.165) is 5.56 Å². The molecule has 2 aliphatic rings. The lowest BCUT2D eigenvalue weighted by Crippen LogP contribution is -2.59. The van der Waals surface area contributed by atoms with Gasteiger partial charge in [-0.15, -0.1) is 0 Å². The molecule has 2 bridgehead atoms. The van der Waals surface area contributed by atoms with E-state index >= 15 is 0 Å². The van der Waals surface area contributed by atoms with Crippen LogP contribution in [0, 0.1) is 56.2 Å². The largest absolute Gasteiger partial charge is 0.448 e. The lowest BCUT2D eigenvalue weighted by atomic mass is 9.52. The Morgan fingerprint density at radius 2 is 1.71 bits per heavy atom. The lowest BCUT2D eigenvalue weighted by molar-refractivity contribution is -0.272. The van der Waals surface area contributed by atoms with Crippen molar-refractivity contribution in [3.05, 3.63) is 69.7 Å². The minimum Gasteiger partial charge on any atom is -0.448 e. The Morgan fingerprint density at radius 1 is 1.03 bits per heavy atom. The van der Waals surface area contributed by atoms with Gasteiger partial charge in [0, 0.05) is 22.5 Å². The van der Waals surface area contributed by atoms with Gasteiger partial charge in [-0.3, -0.25) is 5.41 Å². The van der Waals surface area contributed by atoms with Gasteiger partial charge < -0.3 is 9.47 Å². The Labute approximate surface area is 189 Å². The summed E-state index contributed by atoms with van der Waals surface area (Å²) in [7, 11) is 0. The monoisotopic (exact) mass is 450 g/mol. The molecule has 154 valence electrons. The number of hydrogen-bond acceptors (Lipinski definition) is 6. The number of nitrogens with zero attached hydrogens (tertiary/aromatic N) is 3. The Kier molecular flexibility index (Phi) is 4.95. The van der Waals surface area contributed by atoms with Crippen LogP contribution in [0.5, 0.6) is 0 Å². The molecule has 1 N–H and O–H groups in total. The van der Waals surface area contributed by atoms with Crippen LogP contribution in [-0.2, 0) is 15.9 Å². The first kappa shape index (κ1) is 21.2. The van der Waals surface area contributed by atoms with Gasteiger partial charge in [0.15, 0.2) is 5.41 Å². The average molecular weight is 451 g/mol. The molecule has 2 aromatic carbocycles. The Balaban J connectivity index is 1.96. The van der Waals surface area contributed by atoms with E-state index in [1.165, 1.54) is 6.07 Å². The van der Waals surface area contributed by atoms with Gasteiger partial charge in [-0.25, -0.2) is 0 Å². The van der Waals surface area contributed by atoms with Crippen molar-refractivity contribution in [1.29, 1.82) is 21.2 Å². The first-order valence-corrected chi connectivity index (χ1v) is 10.2. The van der Waals surface area contributed by atoms with E-state index in [0.29, 0.717) is 10.6 Å². The first-order valence-electron chi connectivity index (χ1n) is 9.46. The van der Waals surface area contributed by atoms with Gasteiger partial charge in [-0.1, -0.05) is 59.6 Å². The third kappa shape index (κ3) is 2.75. The van der Waals surface area contributed by atoms with Gasteiger partial charge in [0.1, 0.15) is 6.10 Å². The van der Waals surface area contributed by atoms with Crippen molar-refractivity contribution in [1.82, 2.24) is 0 Å². The molecule has 2 heterocycles. The van der Waals surface area contributed by atoms with Crippen LogP contribution >= 0.6 is 23.2 Å². The Morgan fingerprint density at radius 3 is 2.29 bits per heavy atom. The van der Waals surface area contributed by atoms with Crippen LogP contribution in [0.1, 0.15) is 24.2 Å². The molecule has 2 fully saturated rings. The molecule has 0 amide bonds. The van der Waals surface area contributed by atoms with Crippen LogP contribution in [0.25, 0.3) is 0 Å². The summed E-state index contributed by atoms with van der Waals surface area (Å²) in [6.07, 6.45) is -0.953. The van der Waals surface area contributed by atoms with Crippen LogP contribution in [0.2, 0.25) is 10.0 Å². The summed E-state index contributed by atoms with van der Waals surface area (Å²) in [6, 6.07) is 20.1. The molecule has 0 aliphatic carbocycles. The zero-order valence-electron chi connectivity index (χ0n) is 16.4. The number of fused-ring (bicyclic) bond motifs is 2. The molecule has 0 radical (unpaired) electrons. The Bertz CT molecular complexity index is 1180. The highest BCUT2D eigenvalue weighted by Gasteiger charge is 2.79. The molecule has 4 rings (SSSR count). The van der Waals surface area contributed by atoms with Crippen LogP contribution in [0.4, 0.5) is 0 Å². The molecule has 0 spiro atoms. The number of hydrogen-bond donors (Lipinski definition) is 1. The molecule has 2 saturated heterocycles. The second-order valence-corrected chi connectivity index (χ2v) is 8.65. The van der Waals surface area contributed by atoms with Gasteiger partial charge in [0.05, 0.1) is 24.1 Å². The van der Waals surface area contributed by atoms with E-state index in [9.17, 15) is 15.8 Å². The first-order chi connectivity index (χ1) is 14.8. The van der Waals surface area contributed by atoms with Crippen molar-refractivity contribution in [2.24, 2.45) is 16.7 Å². The van der Waals surface area contributed by atoms with E-state index in [1.54, 1.807) is 19.1 Å². The third-order valence-electron chi connectivity index (χ3n) is 6.24. The number of rotatable bonds is 3. The highest BCUT2D eigenvalue weighted by molar-refractivity contribution is 6.35. The molecular formula is C23H16Cl2N4O2. The predicted octanol–water partition coefficient (Wildman–Crippen LogP) is 5.19. The van der Waals surface area contributed by atoms with E-state index in [1.807, 2.05) is 42.5 Å². The summed E-state index contributed by atoms with van der Waals surface area (Å²) in [5.74, 6) is -2.65. The topological polar surface area (TPSA) is 114 Å². The fourth-order valence-electron chi connectivity index (χ4n) is 4.73. The standard InChI is InChI=1S/C23H16Cl2N4O2/c1-21-18(9-14-5-3-2-4-6-14)23(13-28,20(29)31-21)22(11-26,12-27)19(30-21)16-8-7-15(24)10-17(16)25/h2-8,10,18-19,29H,9H2,1H3. The SMILES string of the molecule is CC12OC(=N)C(C#N)(C1Cc1ccccc1)C(C#N)(C#N)C(c1ccc(Cl)cc1Cl)O2. The van der Waals surface area contributed by atoms with E-state index in [4.69, 9.17) is 38.1 Å². The normalized spacial score (nSPS) is 30.5. The summed E-state index contributed by atoms with van der Waals surface area (Å²) in [4.78, 5) is 0. The smallest absolute Gasteiger partial charge is 0.215 e. The van der Waals surface area contributed by atoms with Crippen molar-refractivity contribution >= 4 is 29.1 Å². The Hall–Kier alpha value is -3.08. The van der Waals surface area contributed by atoms with Gasteiger partial charge >= 0.3 is 0 Å². The highest BCUT2D eigenvalue weighted by Crippen LogP contribution is 2.67. The molecule has 31 heavy (non-hydrogen) atoms. The molecule has 0 saturated carbocycles. The highest BCUT2D eigenvalue weighted by atomic mass is 35.5. The van der Waals surface area contributed by atoms with Gasteiger partial charge in [0.2, 0.25) is 17.1 Å². The van der Waals surface area contributed by atoms with Gasteiger partial charge in [-0.05, 0) is 24.1 Å². The molecule has 2 aliphatic heterocycles. The van der Waals surface area contributed by atoms with Crippen molar-refractivity contribution in [3.8, 4) is 18.2 Å². The van der Waals surface area contributed by atoms with Crippen LogP contribution in [0.3, 0.4) is 0 Å². The zero-order valence-corrected chi connectivity index (χ0v) is 17.9. The van der Waals surface area contributed by atoms with Gasteiger partial charge in [0.25, 0.3) is 0 Å². The van der Waals surface area contributed by atoms with E-state index in [-0.39, 0.29) is 11.4 Å². The summed E-state index contributed by atoms with van der Waals surface area (Å²) in [6.45, 7) is 1.63. The van der Waals surface area contributed by atoms with Crippen LogP contribution in [-0.4, -0.2) is 11.7 Å². The molecule has 8 heteroatoms. The number of benzene rings is 2. The lowest BCUT2D eigenvalue weighted by Gasteiger charge is -2.49.